The van der Waals surface area contributed by atoms with E-state index >= 15 is 0 Å². The van der Waals surface area contributed by atoms with Crippen molar-refractivity contribution in [2.75, 3.05) is 5.32 Å². The highest BCUT2D eigenvalue weighted by Crippen LogP contribution is 2.32. The van der Waals surface area contributed by atoms with E-state index in [9.17, 15) is 10.1 Å². The molecule has 0 aromatic carbocycles. The second kappa shape index (κ2) is 5.94. The van der Waals surface area contributed by atoms with Crippen molar-refractivity contribution in [3.63, 3.8) is 0 Å². The first-order valence-electron chi connectivity index (χ1n) is 6.97. The van der Waals surface area contributed by atoms with Crippen LogP contribution in [0.25, 0.3) is 0 Å². The molecule has 0 amide bonds. The minimum Gasteiger partial charge on any atom is -0.332 e. The average molecular weight is 292 g/mol. The summed E-state index contributed by atoms with van der Waals surface area (Å²) in [5.41, 5.74) is 2.19. The summed E-state index contributed by atoms with van der Waals surface area (Å²) >= 11 is 0. The van der Waals surface area contributed by atoms with E-state index in [0.717, 1.165) is 24.2 Å². The van der Waals surface area contributed by atoms with Gasteiger partial charge in [0, 0.05) is 20.3 Å². The Kier molecular flexibility index (Phi) is 4.25. The highest BCUT2D eigenvalue weighted by Gasteiger charge is 2.27. The lowest BCUT2D eigenvalue weighted by molar-refractivity contribution is -0.384. The maximum absolute atomic E-state index is 11.4. The monoisotopic (exact) mass is 292 g/mol. The summed E-state index contributed by atoms with van der Waals surface area (Å²) in [7, 11) is 3.53. The van der Waals surface area contributed by atoms with Gasteiger partial charge in [-0.3, -0.25) is 14.8 Å². The Morgan fingerprint density at radius 3 is 2.57 bits per heavy atom. The van der Waals surface area contributed by atoms with Crippen LogP contribution < -0.4 is 5.32 Å². The lowest BCUT2D eigenvalue weighted by atomic mass is 10.2. The predicted octanol–water partition coefficient (Wildman–Crippen LogP) is 2.32. The first-order chi connectivity index (χ1) is 9.97. The van der Waals surface area contributed by atoms with Gasteiger partial charge in [0.25, 0.3) is 0 Å². The van der Waals surface area contributed by atoms with Crippen LogP contribution in [0.3, 0.4) is 0 Å². The number of aryl methyl sites for hydroxylation is 4. The van der Waals surface area contributed by atoms with Crippen molar-refractivity contribution in [3.05, 3.63) is 27.7 Å². The van der Waals surface area contributed by atoms with Crippen LogP contribution in [-0.4, -0.2) is 24.5 Å². The quantitative estimate of drug-likeness (QED) is 0.651. The Bertz CT molecular complexity index is 658. The zero-order valence-electron chi connectivity index (χ0n) is 12.8. The van der Waals surface area contributed by atoms with Crippen LogP contribution >= 0.6 is 0 Å². The highest BCUT2D eigenvalue weighted by molar-refractivity contribution is 5.68. The molecule has 0 atom stereocenters. The summed E-state index contributed by atoms with van der Waals surface area (Å²) in [6, 6.07) is 0. The maximum atomic E-state index is 11.4. The van der Waals surface area contributed by atoms with E-state index in [1.807, 2.05) is 27.1 Å². The summed E-state index contributed by atoms with van der Waals surface area (Å²) in [6.07, 6.45) is 3.95. The van der Waals surface area contributed by atoms with Crippen molar-refractivity contribution >= 4 is 17.2 Å². The molecule has 0 bridgehead atoms. The van der Waals surface area contributed by atoms with E-state index in [-0.39, 0.29) is 10.6 Å². The lowest BCUT2D eigenvalue weighted by Crippen LogP contribution is -2.02. The normalized spacial score (nSPS) is 10.9. The van der Waals surface area contributed by atoms with E-state index < -0.39 is 0 Å². The summed E-state index contributed by atoms with van der Waals surface area (Å²) in [5.74, 6) is 0.395. The number of hydrogen-bond acceptors (Lipinski definition) is 5. The molecular weight excluding hydrogens is 272 g/mol. The maximum Gasteiger partial charge on any atom is 0.334 e. The first kappa shape index (κ1) is 15.0. The smallest absolute Gasteiger partial charge is 0.332 e. The molecule has 0 spiro atoms. The standard InChI is InChI=1S/C13H20N6O2/c1-5-7-10-12(19(20)21)13(18(4)16-10)14-11-8-17(3)15-9(11)6-2/h8,14H,5-7H2,1-4H3. The Hall–Kier alpha value is -2.38. The van der Waals surface area contributed by atoms with Crippen molar-refractivity contribution < 1.29 is 4.92 Å². The highest BCUT2D eigenvalue weighted by atomic mass is 16.6. The first-order valence-corrected chi connectivity index (χ1v) is 6.97. The van der Waals surface area contributed by atoms with E-state index in [1.165, 1.54) is 4.68 Å². The topological polar surface area (TPSA) is 90.8 Å². The zero-order valence-corrected chi connectivity index (χ0v) is 12.8. The molecule has 8 heteroatoms. The molecule has 0 aliphatic heterocycles. The van der Waals surface area contributed by atoms with Gasteiger partial charge in [0.15, 0.2) is 0 Å². The van der Waals surface area contributed by atoms with Crippen molar-refractivity contribution in [2.24, 2.45) is 14.1 Å². The number of hydrogen-bond donors (Lipinski definition) is 1. The van der Waals surface area contributed by atoms with Crippen LogP contribution in [-0.2, 0) is 26.9 Å². The van der Waals surface area contributed by atoms with Crippen LogP contribution in [0, 0.1) is 10.1 Å². The summed E-state index contributed by atoms with van der Waals surface area (Å²) in [6.45, 7) is 3.97. The van der Waals surface area contributed by atoms with Gasteiger partial charge in [-0.2, -0.15) is 10.2 Å². The van der Waals surface area contributed by atoms with Crippen LogP contribution in [0.1, 0.15) is 31.7 Å². The predicted molar refractivity (Wildman–Crippen MR) is 79.7 cm³/mol. The lowest BCUT2D eigenvalue weighted by Gasteiger charge is -2.05. The molecule has 2 aromatic heterocycles. The number of rotatable bonds is 6. The van der Waals surface area contributed by atoms with Gasteiger partial charge < -0.3 is 5.32 Å². The molecule has 0 saturated heterocycles. The van der Waals surface area contributed by atoms with Crippen LogP contribution in [0.4, 0.5) is 17.2 Å². The molecular formula is C13H20N6O2. The van der Waals surface area contributed by atoms with Gasteiger partial charge >= 0.3 is 5.69 Å². The van der Waals surface area contributed by atoms with Gasteiger partial charge in [-0.05, 0) is 12.8 Å². The van der Waals surface area contributed by atoms with Crippen molar-refractivity contribution in [3.8, 4) is 0 Å². The third kappa shape index (κ3) is 2.88. The van der Waals surface area contributed by atoms with Crippen molar-refractivity contribution in [2.45, 2.75) is 33.1 Å². The molecule has 0 aliphatic rings. The van der Waals surface area contributed by atoms with Gasteiger partial charge in [-0.25, -0.2) is 4.68 Å². The number of aromatic nitrogens is 4. The van der Waals surface area contributed by atoms with Crippen molar-refractivity contribution in [1.29, 1.82) is 0 Å². The molecule has 8 nitrogen and oxygen atoms in total. The average Bonchev–Trinajstić information content (AvgIpc) is 2.91. The fraction of sp³-hybridized carbons (Fsp3) is 0.538. The largest absolute Gasteiger partial charge is 0.334 e. The number of nitro groups is 1. The molecule has 0 radical (unpaired) electrons. The van der Waals surface area contributed by atoms with Crippen LogP contribution in [0.5, 0.6) is 0 Å². The van der Waals surface area contributed by atoms with E-state index in [1.54, 1.807) is 11.7 Å². The molecule has 0 fully saturated rings. The Morgan fingerprint density at radius 2 is 2.00 bits per heavy atom. The van der Waals surface area contributed by atoms with E-state index in [2.05, 4.69) is 15.5 Å². The molecule has 114 valence electrons. The fourth-order valence-electron chi connectivity index (χ4n) is 2.33. The number of nitrogens with one attached hydrogen (secondary N) is 1. The van der Waals surface area contributed by atoms with Crippen molar-refractivity contribution in [1.82, 2.24) is 19.6 Å². The van der Waals surface area contributed by atoms with Gasteiger partial charge in [-0.15, -0.1) is 0 Å². The fourth-order valence-corrected chi connectivity index (χ4v) is 2.33. The number of nitrogens with zero attached hydrogens (tertiary/aromatic N) is 5. The molecule has 2 rings (SSSR count). The summed E-state index contributed by atoms with van der Waals surface area (Å²) < 4.78 is 3.21. The second-order valence-electron chi connectivity index (χ2n) is 4.92. The Morgan fingerprint density at radius 1 is 1.29 bits per heavy atom. The SMILES string of the molecule is CCCc1nn(C)c(Nc2cn(C)nc2CC)c1[N+](=O)[O-]. The molecule has 2 heterocycles. The van der Waals surface area contributed by atoms with Crippen LogP contribution in [0.15, 0.2) is 6.20 Å². The third-order valence-corrected chi connectivity index (χ3v) is 3.25. The molecule has 21 heavy (non-hydrogen) atoms. The van der Waals surface area contributed by atoms with Gasteiger partial charge in [0.2, 0.25) is 5.82 Å². The third-order valence-electron chi connectivity index (χ3n) is 3.25. The van der Waals surface area contributed by atoms with Gasteiger partial charge in [0.1, 0.15) is 5.69 Å². The molecule has 1 N–H and O–H groups in total. The molecule has 2 aromatic rings. The summed E-state index contributed by atoms with van der Waals surface area (Å²) in [4.78, 5) is 11.0. The van der Waals surface area contributed by atoms with Gasteiger partial charge in [0.05, 0.1) is 16.3 Å². The number of anilines is 2. The minimum atomic E-state index is -0.373. The van der Waals surface area contributed by atoms with Crippen LogP contribution in [0.2, 0.25) is 0 Å². The van der Waals surface area contributed by atoms with Gasteiger partial charge in [-0.1, -0.05) is 20.3 Å². The Balaban J connectivity index is 2.45. The molecule has 0 aliphatic carbocycles. The minimum absolute atomic E-state index is 0.0465. The summed E-state index contributed by atoms with van der Waals surface area (Å²) in [5, 5.41) is 23.1. The Labute approximate surface area is 122 Å². The zero-order chi connectivity index (χ0) is 15.6. The molecule has 0 unspecified atom stereocenters. The molecule has 0 saturated carbocycles. The second-order valence-corrected chi connectivity index (χ2v) is 4.92. The van der Waals surface area contributed by atoms with E-state index in [0.29, 0.717) is 17.9 Å². The van der Waals surface area contributed by atoms with E-state index in [4.69, 9.17) is 0 Å².